The summed E-state index contributed by atoms with van der Waals surface area (Å²) in [6, 6.07) is -0.813. The van der Waals surface area contributed by atoms with Crippen LogP contribution >= 0.6 is 12.4 Å². The van der Waals surface area contributed by atoms with Gasteiger partial charge in [0, 0.05) is 18.5 Å². The molecular weight excluding hydrogens is 254 g/mol. The summed E-state index contributed by atoms with van der Waals surface area (Å²) in [7, 11) is 0. The Morgan fingerprint density at radius 1 is 1.59 bits per heavy atom. The monoisotopic (exact) mass is 272 g/mol. The van der Waals surface area contributed by atoms with Crippen molar-refractivity contribution >= 4 is 18.3 Å². The molecule has 4 N–H and O–H groups in total. The lowest BCUT2D eigenvalue weighted by Gasteiger charge is -2.19. The molecule has 1 saturated carbocycles. The smallest absolute Gasteiger partial charge is 0.250 e. The van der Waals surface area contributed by atoms with Crippen LogP contribution in [-0.2, 0) is 4.79 Å². The summed E-state index contributed by atoms with van der Waals surface area (Å²) in [5.74, 6) is -3.38. The van der Waals surface area contributed by atoms with Gasteiger partial charge >= 0.3 is 0 Å². The minimum absolute atomic E-state index is 0. The molecule has 102 valence electrons. The summed E-state index contributed by atoms with van der Waals surface area (Å²) < 4.78 is 25.1. The Kier molecular flexibility index (Phi) is 6.29. The van der Waals surface area contributed by atoms with Gasteiger partial charge in [0.15, 0.2) is 0 Å². The standard InChI is InChI=1S/C10H18F2N2O2.ClH/c1-10(11,12)5-4-7(13)8(15)9(16)14-6-2-3-6;/h6-8,15H,2-5,13H2,1H3,(H,14,16);1H/t7-,8-;/m0./s1. The molecule has 1 fully saturated rings. The molecule has 0 heterocycles. The van der Waals surface area contributed by atoms with Crippen molar-refractivity contribution in [1.29, 1.82) is 0 Å². The molecule has 1 aliphatic rings. The first-order valence-corrected chi connectivity index (χ1v) is 5.41. The van der Waals surface area contributed by atoms with Gasteiger partial charge in [-0.25, -0.2) is 8.78 Å². The average Bonchev–Trinajstić information content (AvgIpc) is 2.95. The van der Waals surface area contributed by atoms with Gasteiger partial charge in [0.2, 0.25) is 5.92 Å². The van der Waals surface area contributed by atoms with Crippen LogP contribution in [0.4, 0.5) is 8.78 Å². The van der Waals surface area contributed by atoms with Crippen LogP contribution in [0, 0.1) is 0 Å². The van der Waals surface area contributed by atoms with E-state index in [1.54, 1.807) is 0 Å². The SMILES string of the molecule is CC(F)(F)CC[C@H](N)[C@H](O)C(=O)NC1CC1.Cl. The van der Waals surface area contributed by atoms with Gasteiger partial charge in [0.1, 0.15) is 6.10 Å². The van der Waals surface area contributed by atoms with Crippen molar-refractivity contribution in [3.05, 3.63) is 0 Å². The fourth-order valence-corrected chi connectivity index (χ4v) is 1.29. The fraction of sp³-hybridized carbons (Fsp3) is 0.900. The number of alkyl halides is 2. The lowest BCUT2D eigenvalue weighted by molar-refractivity contribution is -0.130. The van der Waals surface area contributed by atoms with Gasteiger partial charge in [0.25, 0.3) is 5.91 Å². The highest BCUT2D eigenvalue weighted by Gasteiger charge is 2.31. The van der Waals surface area contributed by atoms with E-state index < -0.39 is 30.4 Å². The number of amides is 1. The summed E-state index contributed by atoms with van der Waals surface area (Å²) in [4.78, 5) is 11.3. The van der Waals surface area contributed by atoms with Crippen LogP contribution in [0.25, 0.3) is 0 Å². The number of nitrogens with two attached hydrogens (primary N) is 1. The Morgan fingerprint density at radius 3 is 2.53 bits per heavy atom. The second-order valence-electron chi connectivity index (χ2n) is 4.50. The fourth-order valence-electron chi connectivity index (χ4n) is 1.29. The van der Waals surface area contributed by atoms with Crippen LogP contribution in [0.5, 0.6) is 0 Å². The lowest BCUT2D eigenvalue weighted by atomic mass is 10.0. The van der Waals surface area contributed by atoms with Crippen molar-refractivity contribution in [2.45, 2.75) is 56.7 Å². The van der Waals surface area contributed by atoms with Crippen LogP contribution < -0.4 is 11.1 Å². The third-order valence-corrected chi connectivity index (χ3v) is 2.51. The Bertz CT molecular complexity index is 257. The first kappa shape index (κ1) is 16.5. The van der Waals surface area contributed by atoms with Crippen molar-refractivity contribution in [3.8, 4) is 0 Å². The number of rotatable bonds is 6. The van der Waals surface area contributed by atoms with Gasteiger partial charge in [-0.15, -0.1) is 12.4 Å². The summed E-state index contributed by atoms with van der Waals surface area (Å²) in [6.07, 6.45) is -0.102. The Hall–Kier alpha value is -0.460. The van der Waals surface area contributed by atoms with Gasteiger partial charge in [-0.3, -0.25) is 4.79 Å². The molecule has 0 aromatic heterocycles. The molecule has 4 nitrogen and oxygen atoms in total. The van der Waals surface area contributed by atoms with E-state index >= 15 is 0 Å². The maximum atomic E-state index is 12.5. The summed E-state index contributed by atoms with van der Waals surface area (Å²) >= 11 is 0. The van der Waals surface area contributed by atoms with Crippen LogP contribution in [0.3, 0.4) is 0 Å². The molecule has 0 aromatic rings. The van der Waals surface area contributed by atoms with E-state index in [1.165, 1.54) is 0 Å². The molecule has 0 aliphatic heterocycles. The normalized spacial score (nSPS) is 19.1. The molecule has 17 heavy (non-hydrogen) atoms. The zero-order chi connectivity index (χ0) is 12.3. The van der Waals surface area contributed by atoms with Crippen molar-refractivity contribution in [3.63, 3.8) is 0 Å². The molecule has 0 spiro atoms. The van der Waals surface area contributed by atoms with Gasteiger partial charge in [-0.1, -0.05) is 0 Å². The van der Waals surface area contributed by atoms with Crippen LogP contribution in [0.1, 0.15) is 32.6 Å². The summed E-state index contributed by atoms with van der Waals surface area (Å²) in [5, 5.41) is 12.1. The van der Waals surface area contributed by atoms with Gasteiger partial charge in [-0.05, 0) is 26.2 Å². The van der Waals surface area contributed by atoms with Crippen molar-refractivity contribution < 1.29 is 18.7 Å². The van der Waals surface area contributed by atoms with Crippen molar-refractivity contribution in [2.24, 2.45) is 5.73 Å². The first-order valence-electron chi connectivity index (χ1n) is 5.41. The molecule has 7 heteroatoms. The maximum Gasteiger partial charge on any atom is 0.250 e. The molecule has 0 radical (unpaired) electrons. The van der Waals surface area contributed by atoms with E-state index in [2.05, 4.69) is 5.32 Å². The lowest BCUT2D eigenvalue weighted by Crippen LogP contribution is -2.47. The molecule has 1 rings (SSSR count). The largest absolute Gasteiger partial charge is 0.382 e. The van der Waals surface area contributed by atoms with E-state index in [-0.39, 0.29) is 24.9 Å². The second kappa shape index (κ2) is 6.47. The second-order valence-corrected chi connectivity index (χ2v) is 4.50. The molecule has 1 amide bonds. The molecule has 0 bridgehead atoms. The molecule has 0 saturated heterocycles. The molecule has 0 unspecified atom stereocenters. The van der Waals surface area contributed by atoms with E-state index in [9.17, 15) is 18.7 Å². The highest BCUT2D eigenvalue weighted by atomic mass is 35.5. The Balaban J connectivity index is 0.00000256. The van der Waals surface area contributed by atoms with Crippen molar-refractivity contribution in [2.75, 3.05) is 0 Å². The molecular formula is C10H19ClF2N2O2. The Morgan fingerprint density at radius 2 is 2.12 bits per heavy atom. The number of halogens is 3. The van der Waals surface area contributed by atoms with Crippen LogP contribution in [-0.4, -0.2) is 35.1 Å². The zero-order valence-corrected chi connectivity index (χ0v) is 10.5. The molecule has 1 aliphatic carbocycles. The molecule has 2 atom stereocenters. The van der Waals surface area contributed by atoms with Gasteiger partial charge < -0.3 is 16.2 Å². The third-order valence-electron chi connectivity index (χ3n) is 2.51. The number of hydrogen-bond donors (Lipinski definition) is 3. The number of hydrogen-bond acceptors (Lipinski definition) is 3. The number of carbonyl (C=O) groups is 1. The summed E-state index contributed by atoms with van der Waals surface area (Å²) in [5.41, 5.74) is 5.48. The van der Waals surface area contributed by atoms with Gasteiger partial charge in [-0.2, -0.15) is 0 Å². The van der Waals surface area contributed by atoms with E-state index in [0.717, 1.165) is 19.8 Å². The predicted octanol–water partition coefficient (Wildman–Crippen LogP) is 0.810. The Labute approximate surface area is 105 Å². The maximum absolute atomic E-state index is 12.5. The minimum atomic E-state index is -2.82. The van der Waals surface area contributed by atoms with Crippen LogP contribution in [0.2, 0.25) is 0 Å². The van der Waals surface area contributed by atoms with E-state index in [0.29, 0.717) is 0 Å². The number of carbonyl (C=O) groups excluding carboxylic acids is 1. The number of aliphatic hydroxyl groups excluding tert-OH is 1. The molecule has 0 aromatic carbocycles. The zero-order valence-electron chi connectivity index (χ0n) is 9.66. The quantitative estimate of drug-likeness (QED) is 0.670. The van der Waals surface area contributed by atoms with Crippen LogP contribution in [0.15, 0.2) is 0 Å². The summed E-state index contributed by atoms with van der Waals surface area (Å²) in [6.45, 7) is 0.788. The topological polar surface area (TPSA) is 75.3 Å². The highest BCUT2D eigenvalue weighted by molar-refractivity contribution is 5.85. The van der Waals surface area contributed by atoms with E-state index in [1.807, 2.05) is 0 Å². The number of aliphatic hydroxyl groups is 1. The van der Waals surface area contributed by atoms with E-state index in [4.69, 9.17) is 5.73 Å². The van der Waals surface area contributed by atoms with Crippen molar-refractivity contribution in [1.82, 2.24) is 5.32 Å². The minimum Gasteiger partial charge on any atom is -0.382 e. The number of nitrogens with one attached hydrogen (secondary N) is 1. The highest BCUT2D eigenvalue weighted by Crippen LogP contribution is 2.21. The average molecular weight is 273 g/mol. The van der Waals surface area contributed by atoms with Gasteiger partial charge in [0.05, 0.1) is 0 Å². The first-order chi connectivity index (χ1) is 7.29. The predicted molar refractivity (Wildman–Crippen MR) is 62.2 cm³/mol. The third kappa shape index (κ3) is 6.75.